The minimum absolute atomic E-state index is 0.419. The molecule has 0 atom stereocenters. The van der Waals surface area contributed by atoms with Crippen molar-refractivity contribution in [1.82, 2.24) is 0 Å². The summed E-state index contributed by atoms with van der Waals surface area (Å²) < 4.78 is 6.62. The summed E-state index contributed by atoms with van der Waals surface area (Å²) in [5.41, 5.74) is 18.9. The molecule has 0 bridgehead atoms. The van der Waals surface area contributed by atoms with E-state index in [4.69, 9.17) is 10.2 Å². The molecule has 2 aliphatic rings. The lowest BCUT2D eigenvalue weighted by atomic mass is 9.70. The number of hydrogen-bond acceptors (Lipinski definition) is 2. The van der Waals surface area contributed by atoms with Crippen molar-refractivity contribution < 1.29 is 4.42 Å². The maximum atomic E-state index is 6.62. The molecule has 2 N–H and O–H groups in total. The summed E-state index contributed by atoms with van der Waals surface area (Å²) in [6, 6.07) is 41.7. The SMILES string of the molecule is NCc1ccc(-c2ccc3c(c2)C2(c4ccccc4-c4ccccc42)c2c-3oc3ccccc23)cc1. The van der Waals surface area contributed by atoms with Gasteiger partial charge < -0.3 is 10.2 Å². The number of fused-ring (bicyclic) bond motifs is 12. The largest absolute Gasteiger partial charge is 0.456 e. The molecule has 0 saturated heterocycles. The molecule has 2 heteroatoms. The van der Waals surface area contributed by atoms with Gasteiger partial charge in [0.1, 0.15) is 11.3 Å². The van der Waals surface area contributed by atoms with Gasteiger partial charge in [0, 0.05) is 23.1 Å². The van der Waals surface area contributed by atoms with Crippen molar-refractivity contribution in [3.8, 4) is 33.6 Å². The summed E-state index contributed by atoms with van der Waals surface area (Å²) in [5, 5.41) is 1.18. The number of rotatable bonds is 2. The number of furan rings is 1. The van der Waals surface area contributed by atoms with E-state index in [0.29, 0.717) is 6.54 Å². The lowest BCUT2D eigenvalue weighted by molar-refractivity contribution is 0.628. The van der Waals surface area contributed by atoms with Crippen LogP contribution in [0.4, 0.5) is 0 Å². The van der Waals surface area contributed by atoms with E-state index in [1.807, 2.05) is 0 Å². The van der Waals surface area contributed by atoms with E-state index in [1.165, 1.54) is 55.5 Å². The fourth-order valence-corrected chi connectivity index (χ4v) is 6.60. The molecular weight excluding hydrogens is 438 g/mol. The molecule has 5 aromatic carbocycles. The van der Waals surface area contributed by atoms with Crippen LogP contribution in [0, 0.1) is 0 Å². The summed E-state index contributed by atoms with van der Waals surface area (Å²) in [6.07, 6.45) is 0. The Morgan fingerprint density at radius 1 is 0.583 bits per heavy atom. The highest BCUT2D eigenvalue weighted by atomic mass is 16.3. The van der Waals surface area contributed by atoms with E-state index >= 15 is 0 Å². The smallest absolute Gasteiger partial charge is 0.140 e. The first kappa shape index (κ1) is 19.9. The topological polar surface area (TPSA) is 39.2 Å². The highest BCUT2D eigenvalue weighted by Gasteiger charge is 2.54. The number of para-hydroxylation sites is 1. The van der Waals surface area contributed by atoms with Gasteiger partial charge in [0.25, 0.3) is 0 Å². The van der Waals surface area contributed by atoms with Crippen LogP contribution in [-0.4, -0.2) is 0 Å². The molecule has 0 fully saturated rings. The van der Waals surface area contributed by atoms with Gasteiger partial charge in [-0.1, -0.05) is 103 Å². The van der Waals surface area contributed by atoms with Crippen molar-refractivity contribution >= 4 is 11.0 Å². The van der Waals surface area contributed by atoms with Crippen LogP contribution in [0.25, 0.3) is 44.5 Å². The van der Waals surface area contributed by atoms with Crippen LogP contribution in [0.3, 0.4) is 0 Å². The molecule has 2 nitrogen and oxygen atoms in total. The van der Waals surface area contributed by atoms with E-state index in [1.54, 1.807) is 0 Å². The van der Waals surface area contributed by atoms with Gasteiger partial charge in [-0.3, -0.25) is 0 Å². The van der Waals surface area contributed by atoms with Crippen LogP contribution in [0.2, 0.25) is 0 Å². The van der Waals surface area contributed by atoms with Crippen LogP contribution >= 0.6 is 0 Å². The monoisotopic (exact) mass is 461 g/mol. The summed E-state index contributed by atoms with van der Waals surface area (Å²) in [4.78, 5) is 0. The highest BCUT2D eigenvalue weighted by Crippen LogP contribution is 2.65. The van der Waals surface area contributed by atoms with Crippen LogP contribution in [0.1, 0.15) is 27.8 Å². The molecule has 1 spiro atoms. The normalized spacial score (nSPS) is 14.0. The van der Waals surface area contributed by atoms with Crippen LogP contribution < -0.4 is 5.73 Å². The first-order chi connectivity index (χ1) is 17.8. The third-order valence-corrected chi connectivity index (χ3v) is 8.11. The lowest BCUT2D eigenvalue weighted by Crippen LogP contribution is -2.25. The Labute approximate surface area is 209 Å². The van der Waals surface area contributed by atoms with Crippen LogP contribution in [-0.2, 0) is 12.0 Å². The van der Waals surface area contributed by atoms with Gasteiger partial charge in [-0.2, -0.15) is 0 Å². The molecule has 8 rings (SSSR count). The summed E-state index contributed by atoms with van der Waals surface area (Å²) in [6.45, 7) is 0.550. The molecular formula is C34H23NO. The second-order valence-electron chi connectivity index (χ2n) is 9.80. The molecule has 0 unspecified atom stereocenters. The summed E-state index contributed by atoms with van der Waals surface area (Å²) in [7, 11) is 0. The van der Waals surface area contributed by atoms with Crippen molar-refractivity contribution in [3.05, 3.63) is 143 Å². The maximum absolute atomic E-state index is 6.62. The van der Waals surface area contributed by atoms with Gasteiger partial charge in [0.2, 0.25) is 0 Å². The van der Waals surface area contributed by atoms with Crippen molar-refractivity contribution in [2.45, 2.75) is 12.0 Å². The number of nitrogens with two attached hydrogens (primary N) is 1. The van der Waals surface area contributed by atoms with Crippen molar-refractivity contribution in [2.75, 3.05) is 0 Å². The maximum Gasteiger partial charge on any atom is 0.140 e. The van der Waals surface area contributed by atoms with E-state index in [2.05, 4.69) is 115 Å². The Hall–Kier alpha value is -4.40. The molecule has 36 heavy (non-hydrogen) atoms. The summed E-state index contributed by atoms with van der Waals surface area (Å²) >= 11 is 0. The fourth-order valence-electron chi connectivity index (χ4n) is 6.60. The summed E-state index contributed by atoms with van der Waals surface area (Å²) in [5.74, 6) is 0.989. The van der Waals surface area contributed by atoms with Crippen LogP contribution in [0.15, 0.2) is 120 Å². The molecule has 0 amide bonds. The van der Waals surface area contributed by atoms with Gasteiger partial charge in [-0.25, -0.2) is 0 Å². The van der Waals surface area contributed by atoms with Gasteiger partial charge >= 0.3 is 0 Å². The standard InChI is InChI=1S/C34H23NO/c35-20-21-13-15-22(16-14-21)23-17-18-26-30(19-23)34(32-27-9-3-6-12-31(27)36-33(26)32)28-10-4-1-7-24(28)25-8-2-5-11-29(25)34/h1-19H,20,35H2. The zero-order chi connectivity index (χ0) is 23.9. The van der Waals surface area contributed by atoms with Gasteiger partial charge in [0.05, 0.1) is 5.41 Å². The quantitative estimate of drug-likeness (QED) is 0.284. The van der Waals surface area contributed by atoms with Crippen LogP contribution in [0.5, 0.6) is 0 Å². The minimum atomic E-state index is -0.419. The third-order valence-electron chi connectivity index (χ3n) is 8.11. The van der Waals surface area contributed by atoms with Gasteiger partial charge in [0.15, 0.2) is 0 Å². The molecule has 6 aromatic rings. The molecule has 0 aliphatic heterocycles. The molecule has 0 radical (unpaired) electrons. The average molecular weight is 462 g/mol. The van der Waals surface area contributed by atoms with Crippen molar-refractivity contribution in [3.63, 3.8) is 0 Å². The molecule has 2 aliphatic carbocycles. The predicted octanol–water partition coefficient (Wildman–Crippen LogP) is 7.90. The van der Waals surface area contributed by atoms with Crippen molar-refractivity contribution in [1.29, 1.82) is 0 Å². The average Bonchev–Trinajstić information content (AvgIpc) is 3.56. The van der Waals surface area contributed by atoms with E-state index in [9.17, 15) is 0 Å². The Morgan fingerprint density at radius 2 is 1.22 bits per heavy atom. The number of hydrogen-bond donors (Lipinski definition) is 1. The Morgan fingerprint density at radius 3 is 1.94 bits per heavy atom. The van der Waals surface area contributed by atoms with E-state index in [0.717, 1.165) is 16.9 Å². The fraction of sp³-hybridized carbons (Fsp3) is 0.0588. The number of benzene rings is 5. The van der Waals surface area contributed by atoms with E-state index in [-0.39, 0.29) is 0 Å². The molecule has 0 saturated carbocycles. The second kappa shape index (κ2) is 7.07. The zero-order valence-electron chi connectivity index (χ0n) is 19.7. The predicted molar refractivity (Wildman–Crippen MR) is 146 cm³/mol. The third kappa shape index (κ3) is 2.35. The highest BCUT2D eigenvalue weighted by molar-refractivity contribution is 6.02. The van der Waals surface area contributed by atoms with E-state index < -0.39 is 5.41 Å². The molecule has 1 aromatic heterocycles. The Bertz CT molecular complexity index is 1780. The second-order valence-corrected chi connectivity index (χ2v) is 9.80. The van der Waals surface area contributed by atoms with Gasteiger partial charge in [-0.05, 0) is 56.6 Å². The van der Waals surface area contributed by atoms with Crippen molar-refractivity contribution in [2.24, 2.45) is 5.73 Å². The first-order valence-electron chi connectivity index (χ1n) is 12.5. The Kier molecular flexibility index (Phi) is 3.90. The lowest BCUT2D eigenvalue weighted by Gasteiger charge is -2.30. The molecule has 1 heterocycles. The Balaban J connectivity index is 1.51. The minimum Gasteiger partial charge on any atom is -0.456 e. The van der Waals surface area contributed by atoms with Gasteiger partial charge in [-0.15, -0.1) is 0 Å². The first-order valence-corrected chi connectivity index (χ1v) is 12.5. The zero-order valence-corrected chi connectivity index (χ0v) is 19.7. The molecule has 170 valence electrons.